The Balaban J connectivity index is 3.80. The Hall–Kier alpha value is -0.870. The molecule has 0 aromatic rings. The maximum Gasteiger partial charge on any atom is 0.154 e. The number of ether oxygens (including phenoxy) is 1. The van der Waals surface area contributed by atoms with Crippen LogP contribution < -0.4 is 5.32 Å². The summed E-state index contributed by atoms with van der Waals surface area (Å²) in [6.45, 7) is 3.05. The van der Waals surface area contributed by atoms with Crippen molar-refractivity contribution in [2.75, 3.05) is 7.11 Å². The van der Waals surface area contributed by atoms with Gasteiger partial charge < -0.3 is 15.2 Å². The minimum atomic E-state index is -0.619. The summed E-state index contributed by atoms with van der Waals surface area (Å²) >= 11 is 0. The number of hydrogen-bond donors (Lipinski definition) is 2. The van der Waals surface area contributed by atoms with Gasteiger partial charge in [0.25, 0.3) is 0 Å². The number of aliphatic hydroxyl groups is 1. The summed E-state index contributed by atoms with van der Waals surface area (Å²) < 4.78 is 4.87. The molecule has 4 nitrogen and oxygen atoms in total. The van der Waals surface area contributed by atoms with Crippen LogP contribution in [0.4, 0.5) is 0 Å². The van der Waals surface area contributed by atoms with Gasteiger partial charge in [0.05, 0.1) is 6.10 Å². The lowest BCUT2D eigenvalue weighted by atomic mass is 10.3. The lowest BCUT2D eigenvalue weighted by Gasteiger charge is -2.17. The second-order valence-electron chi connectivity index (χ2n) is 2.51. The first-order chi connectivity index (χ1) is 5.57. The molecule has 0 aromatic heterocycles. The Kier molecular flexibility index (Phi) is 5.32. The van der Waals surface area contributed by atoms with Gasteiger partial charge in [-0.2, -0.15) is 0 Å². The van der Waals surface area contributed by atoms with Crippen LogP contribution >= 0.6 is 0 Å². The van der Waals surface area contributed by atoms with Crippen molar-refractivity contribution in [1.29, 1.82) is 0 Å². The maximum atomic E-state index is 10.5. The topological polar surface area (TPSA) is 58.6 Å². The standard InChI is InChI=1S/C8H15NO3/c1-6(10)4-5-9-8(12-3)7(2)11/h4-5,7-9,11H,1-3H3/b5-4-/t7?,8-/m1/s1. The van der Waals surface area contributed by atoms with Crippen molar-refractivity contribution in [2.45, 2.75) is 26.2 Å². The number of carbonyl (C=O) groups excluding carboxylic acids is 1. The van der Waals surface area contributed by atoms with E-state index in [1.165, 1.54) is 26.3 Å². The molecule has 0 aliphatic rings. The van der Waals surface area contributed by atoms with E-state index in [0.29, 0.717) is 0 Å². The van der Waals surface area contributed by atoms with E-state index in [2.05, 4.69) is 5.32 Å². The highest BCUT2D eigenvalue weighted by Crippen LogP contribution is 1.92. The van der Waals surface area contributed by atoms with E-state index in [9.17, 15) is 4.79 Å². The summed E-state index contributed by atoms with van der Waals surface area (Å²) in [7, 11) is 1.48. The van der Waals surface area contributed by atoms with Gasteiger partial charge >= 0.3 is 0 Å². The Morgan fingerprint density at radius 3 is 2.58 bits per heavy atom. The summed E-state index contributed by atoms with van der Waals surface area (Å²) in [5.41, 5.74) is 0. The van der Waals surface area contributed by atoms with E-state index in [1.54, 1.807) is 6.92 Å². The average molecular weight is 173 g/mol. The van der Waals surface area contributed by atoms with Crippen molar-refractivity contribution < 1.29 is 14.6 Å². The third kappa shape index (κ3) is 4.87. The fourth-order valence-corrected chi connectivity index (χ4v) is 0.665. The van der Waals surface area contributed by atoms with Crippen LogP contribution in [0.25, 0.3) is 0 Å². The van der Waals surface area contributed by atoms with Crippen LogP contribution in [0.1, 0.15) is 13.8 Å². The third-order valence-electron chi connectivity index (χ3n) is 1.27. The first kappa shape index (κ1) is 11.1. The van der Waals surface area contributed by atoms with Gasteiger partial charge in [-0.25, -0.2) is 0 Å². The molecule has 0 radical (unpaired) electrons. The molecule has 0 aliphatic heterocycles. The Labute approximate surface area is 72.2 Å². The number of allylic oxidation sites excluding steroid dienone is 1. The van der Waals surface area contributed by atoms with Gasteiger partial charge in [0.15, 0.2) is 12.0 Å². The van der Waals surface area contributed by atoms with E-state index in [4.69, 9.17) is 9.84 Å². The van der Waals surface area contributed by atoms with Crippen LogP contribution in [0, 0.1) is 0 Å². The molecule has 0 aliphatic carbocycles. The number of methoxy groups -OCH3 is 1. The second-order valence-corrected chi connectivity index (χ2v) is 2.51. The molecule has 0 bridgehead atoms. The van der Waals surface area contributed by atoms with E-state index in [1.807, 2.05) is 0 Å². The van der Waals surface area contributed by atoms with Crippen LogP contribution in [0.2, 0.25) is 0 Å². The first-order valence-electron chi connectivity index (χ1n) is 3.72. The van der Waals surface area contributed by atoms with Crippen molar-refractivity contribution >= 4 is 5.78 Å². The van der Waals surface area contributed by atoms with E-state index < -0.39 is 12.3 Å². The zero-order valence-corrected chi connectivity index (χ0v) is 7.57. The van der Waals surface area contributed by atoms with Gasteiger partial charge in [-0.05, 0) is 19.9 Å². The molecule has 0 fully saturated rings. The minimum Gasteiger partial charge on any atom is -0.389 e. The molecule has 0 saturated heterocycles. The highest BCUT2D eigenvalue weighted by atomic mass is 16.5. The zero-order valence-electron chi connectivity index (χ0n) is 7.57. The Morgan fingerprint density at radius 2 is 2.25 bits per heavy atom. The smallest absolute Gasteiger partial charge is 0.154 e. The summed E-state index contributed by atoms with van der Waals surface area (Å²) in [5, 5.41) is 11.8. The largest absolute Gasteiger partial charge is 0.389 e. The molecule has 2 atom stereocenters. The van der Waals surface area contributed by atoms with Crippen LogP contribution in [0.15, 0.2) is 12.3 Å². The summed E-state index contributed by atoms with van der Waals surface area (Å²) in [4.78, 5) is 10.5. The molecule has 0 spiro atoms. The van der Waals surface area contributed by atoms with Crippen LogP contribution in [0.5, 0.6) is 0 Å². The first-order valence-corrected chi connectivity index (χ1v) is 3.72. The summed E-state index contributed by atoms with van der Waals surface area (Å²) in [6, 6.07) is 0. The Morgan fingerprint density at radius 1 is 1.67 bits per heavy atom. The van der Waals surface area contributed by atoms with Crippen molar-refractivity contribution in [3.05, 3.63) is 12.3 Å². The van der Waals surface area contributed by atoms with E-state index >= 15 is 0 Å². The number of aliphatic hydroxyl groups excluding tert-OH is 1. The molecule has 0 aromatic carbocycles. The highest BCUT2D eigenvalue weighted by Gasteiger charge is 2.09. The molecule has 4 heteroatoms. The van der Waals surface area contributed by atoms with Gasteiger partial charge in [-0.15, -0.1) is 0 Å². The lowest BCUT2D eigenvalue weighted by molar-refractivity contribution is -0.112. The molecule has 70 valence electrons. The molecular formula is C8H15NO3. The molecular weight excluding hydrogens is 158 g/mol. The molecule has 0 rings (SSSR count). The van der Waals surface area contributed by atoms with Crippen molar-refractivity contribution in [3.8, 4) is 0 Å². The molecule has 0 heterocycles. The number of nitrogens with one attached hydrogen (secondary N) is 1. The third-order valence-corrected chi connectivity index (χ3v) is 1.27. The lowest BCUT2D eigenvalue weighted by Crippen LogP contribution is -2.36. The number of ketones is 1. The second kappa shape index (κ2) is 5.74. The van der Waals surface area contributed by atoms with Crippen molar-refractivity contribution in [2.24, 2.45) is 0 Å². The summed E-state index contributed by atoms with van der Waals surface area (Å²) in [5.74, 6) is -0.0528. The van der Waals surface area contributed by atoms with Gasteiger partial charge in [0.1, 0.15) is 0 Å². The maximum absolute atomic E-state index is 10.5. The normalized spacial score (nSPS) is 16.0. The zero-order chi connectivity index (χ0) is 9.56. The Bertz CT molecular complexity index is 166. The van der Waals surface area contributed by atoms with Crippen LogP contribution in [-0.2, 0) is 9.53 Å². The van der Waals surface area contributed by atoms with Crippen LogP contribution in [0.3, 0.4) is 0 Å². The fourth-order valence-electron chi connectivity index (χ4n) is 0.665. The van der Waals surface area contributed by atoms with E-state index in [0.717, 1.165) is 0 Å². The van der Waals surface area contributed by atoms with Gasteiger partial charge in [0.2, 0.25) is 0 Å². The van der Waals surface area contributed by atoms with Crippen molar-refractivity contribution in [3.63, 3.8) is 0 Å². The van der Waals surface area contributed by atoms with E-state index in [-0.39, 0.29) is 5.78 Å². The molecule has 0 amide bonds. The van der Waals surface area contributed by atoms with Gasteiger partial charge in [-0.1, -0.05) is 0 Å². The predicted octanol–water partition coefficient (Wildman–Crippen LogP) is 0.0320. The number of hydrogen-bond acceptors (Lipinski definition) is 4. The highest BCUT2D eigenvalue weighted by molar-refractivity contribution is 5.87. The average Bonchev–Trinajstić information content (AvgIpc) is 1.96. The monoisotopic (exact) mass is 173 g/mol. The number of carbonyl (C=O) groups is 1. The SMILES string of the molecule is CO[C@@H](N/C=C\C(C)=O)C(C)O. The summed E-state index contributed by atoms with van der Waals surface area (Å²) in [6.07, 6.45) is 1.74. The molecule has 1 unspecified atom stereocenters. The van der Waals surface area contributed by atoms with Gasteiger partial charge in [-0.3, -0.25) is 4.79 Å². The predicted molar refractivity (Wildman–Crippen MR) is 45.4 cm³/mol. The van der Waals surface area contributed by atoms with Crippen LogP contribution in [-0.4, -0.2) is 30.3 Å². The van der Waals surface area contributed by atoms with Crippen molar-refractivity contribution in [1.82, 2.24) is 5.32 Å². The van der Waals surface area contributed by atoms with Gasteiger partial charge in [0, 0.05) is 13.3 Å². The number of rotatable bonds is 5. The minimum absolute atomic E-state index is 0.0528. The fraction of sp³-hybridized carbons (Fsp3) is 0.625. The quantitative estimate of drug-likeness (QED) is 0.455. The molecule has 0 saturated carbocycles. The molecule has 12 heavy (non-hydrogen) atoms. The molecule has 2 N–H and O–H groups in total.